The van der Waals surface area contributed by atoms with E-state index >= 15 is 0 Å². The van der Waals surface area contributed by atoms with Crippen molar-refractivity contribution in [3.8, 4) is 0 Å². The topological polar surface area (TPSA) is 35.9 Å². The van der Waals surface area contributed by atoms with Crippen LogP contribution in [0.25, 0.3) is 6.08 Å². The maximum absolute atomic E-state index is 12.3. The monoisotopic (exact) mass is 363 g/mol. The molecule has 0 bridgehead atoms. The molecule has 132 valence electrons. The Balaban J connectivity index is 1.41. The lowest BCUT2D eigenvalue weighted by Crippen LogP contribution is -2.47. The number of hydrogen-bond acceptors (Lipinski definition) is 4. The molecule has 0 saturated carbocycles. The Bertz CT molecular complexity index is 868. The van der Waals surface area contributed by atoms with Crippen molar-refractivity contribution in [1.29, 1.82) is 0 Å². The molecule has 2 aromatic carbocycles. The number of carbonyl (C=O) groups excluding carboxylic acids is 1. The zero-order valence-electron chi connectivity index (χ0n) is 14.8. The van der Waals surface area contributed by atoms with Gasteiger partial charge in [0.05, 0.1) is 4.91 Å². The van der Waals surface area contributed by atoms with Gasteiger partial charge in [0.25, 0.3) is 5.91 Å². The van der Waals surface area contributed by atoms with Crippen LogP contribution in [0, 0.1) is 6.92 Å². The molecule has 2 aliphatic rings. The molecule has 0 spiro atoms. The highest BCUT2D eigenvalue weighted by molar-refractivity contribution is 8.18. The van der Waals surface area contributed by atoms with Crippen molar-refractivity contribution in [2.24, 2.45) is 4.99 Å². The molecule has 1 amide bonds. The van der Waals surface area contributed by atoms with Crippen LogP contribution in [-0.4, -0.2) is 42.2 Å². The summed E-state index contributed by atoms with van der Waals surface area (Å²) < 4.78 is 0. The van der Waals surface area contributed by atoms with E-state index in [9.17, 15) is 4.79 Å². The largest absolute Gasteiger partial charge is 0.368 e. The Hall–Kier alpha value is -2.53. The number of aryl methyl sites for hydroxylation is 1. The van der Waals surface area contributed by atoms with Crippen LogP contribution >= 0.6 is 11.8 Å². The molecule has 2 heterocycles. The van der Waals surface area contributed by atoms with Gasteiger partial charge in [0.1, 0.15) is 0 Å². The first kappa shape index (κ1) is 16.9. The highest BCUT2D eigenvalue weighted by Gasteiger charge is 2.28. The molecule has 0 atom stereocenters. The first-order chi connectivity index (χ1) is 12.7. The molecule has 1 fully saturated rings. The summed E-state index contributed by atoms with van der Waals surface area (Å²) in [5.41, 5.74) is 3.49. The molecule has 4 nitrogen and oxygen atoms in total. The van der Waals surface area contributed by atoms with Crippen LogP contribution in [0.15, 0.2) is 64.5 Å². The van der Waals surface area contributed by atoms with Gasteiger partial charge in [-0.3, -0.25) is 4.79 Å². The van der Waals surface area contributed by atoms with Gasteiger partial charge in [0.2, 0.25) is 0 Å². The molecular formula is C21H21N3OS. The number of nitrogens with zero attached hydrogens (tertiary/aromatic N) is 3. The SMILES string of the molecule is Cc1cccc(/C=C2\SC(N3CCN(c4ccccc4)CC3)=NC2=O)c1. The van der Waals surface area contributed by atoms with Crippen molar-refractivity contribution >= 4 is 34.6 Å². The van der Waals surface area contributed by atoms with Crippen molar-refractivity contribution in [2.45, 2.75) is 6.92 Å². The Morgan fingerprint density at radius 1 is 0.962 bits per heavy atom. The van der Waals surface area contributed by atoms with E-state index in [-0.39, 0.29) is 5.91 Å². The first-order valence-corrected chi connectivity index (χ1v) is 9.65. The van der Waals surface area contributed by atoms with Crippen LogP contribution < -0.4 is 4.90 Å². The number of thioether (sulfide) groups is 1. The molecule has 4 rings (SSSR count). The van der Waals surface area contributed by atoms with Crippen LogP contribution in [0.3, 0.4) is 0 Å². The minimum absolute atomic E-state index is 0.128. The van der Waals surface area contributed by atoms with Gasteiger partial charge >= 0.3 is 0 Å². The van der Waals surface area contributed by atoms with E-state index in [0.717, 1.165) is 36.9 Å². The van der Waals surface area contributed by atoms with Crippen LogP contribution in [0.4, 0.5) is 5.69 Å². The van der Waals surface area contributed by atoms with Gasteiger partial charge in [-0.05, 0) is 42.5 Å². The lowest BCUT2D eigenvalue weighted by molar-refractivity contribution is -0.113. The third-order valence-electron chi connectivity index (χ3n) is 4.62. The minimum Gasteiger partial charge on any atom is -0.368 e. The van der Waals surface area contributed by atoms with Gasteiger partial charge in [-0.25, -0.2) is 0 Å². The molecule has 0 aliphatic carbocycles. The zero-order valence-corrected chi connectivity index (χ0v) is 15.6. The molecule has 0 aromatic heterocycles. The minimum atomic E-state index is -0.128. The Labute approximate surface area is 158 Å². The number of amides is 1. The van der Waals surface area contributed by atoms with E-state index < -0.39 is 0 Å². The molecule has 1 saturated heterocycles. The van der Waals surface area contributed by atoms with Crippen molar-refractivity contribution in [1.82, 2.24) is 4.90 Å². The molecule has 2 aromatic rings. The summed E-state index contributed by atoms with van der Waals surface area (Å²) in [6.07, 6.45) is 1.94. The van der Waals surface area contributed by atoms with Crippen molar-refractivity contribution in [2.75, 3.05) is 31.1 Å². The number of anilines is 1. The Kier molecular flexibility index (Phi) is 4.80. The second kappa shape index (κ2) is 7.38. The second-order valence-corrected chi connectivity index (χ2v) is 7.54. The molecule has 0 N–H and O–H groups in total. The Morgan fingerprint density at radius 2 is 1.69 bits per heavy atom. The highest BCUT2D eigenvalue weighted by Crippen LogP contribution is 2.31. The average Bonchev–Trinajstić information content (AvgIpc) is 3.03. The number of benzene rings is 2. The van der Waals surface area contributed by atoms with Crippen molar-refractivity contribution in [3.05, 3.63) is 70.6 Å². The molecule has 5 heteroatoms. The van der Waals surface area contributed by atoms with Crippen molar-refractivity contribution in [3.63, 3.8) is 0 Å². The van der Waals surface area contributed by atoms with Crippen LogP contribution in [0.2, 0.25) is 0 Å². The summed E-state index contributed by atoms with van der Waals surface area (Å²) in [6, 6.07) is 18.6. The normalized spacial score (nSPS) is 19.2. The predicted molar refractivity (Wildman–Crippen MR) is 109 cm³/mol. The maximum Gasteiger partial charge on any atom is 0.286 e. The molecular weight excluding hydrogens is 342 g/mol. The van der Waals surface area contributed by atoms with E-state index in [1.807, 2.05) is 24.3 Å². The quantitative estimate of drug-likeness (QED) is 0.761. The number of para-hydroxylation sites is 1. The van der Waals surface area contributed by atoms with E-state index in [1.165, 1.54) is 23.0 Å². The van der Waals surface area contributed by atoms with Gasteiger partial charge < -0.3 is 9.80 Å². The van der Waals surface area contributed by atoms with Crippen LogP contribution in [-0.2, 0) is 4.79 Å². The van der Waals surface area contributed by atoms with Gasteiger partial charge in [-0.1, -0.05) is 48.0 Å². The number of amidine groups is 1. The van der Waals surface area contributed by atoms with Crippen LogP contribution in [0.1, 0.15) is 11.1 Å². The number of hydrogen-bond donors (Lipinski definition) is 0. The summed E-state index contributed by atoms with van der Waals surface area (Å²) in [6.45, 7) is 5.70. The maximum atomic E-state index is 12.3. The average molecular weight is 363 g/mol. The lowest BCUT2D eigenvalue weighted by atomic mass is 10.1. The van der Waals surface area contributed by atoms with Gasteiger partial charge in [-0.2, -0.15) is 4.99 Å². The third-order valence-corrected chi connectivity index (χ3v) is 5.67. The van der Waals surface area contributed by atoms with Gasteiger partial charge in [0.15, 0.2) is 5.17 Å². The summed E-state index contributed by atoms with van der Waals surface area (Å²) in [4.78, 5) is 21.9. The zero-order chi connectivity index (χ0) is 17.9. The summed E-state index contributed by atoms with van der Waals surface area (Å²) in [7, 11) is 0. The fourth-order valence-electron chi connectivity index (χ4n) is 3.24. The second-order valence-electron chi connectivity index (χ2n) is 6.53. The fraction of sp³-hybridized carbons (Fsp3) is 0.238. The standard InChI is InChI=1S/C21H21N3OS/c1-16-6-5-7-17(14-16)15-19-20(25)22-21(26-19)24-12-10-23(11-13-24)18-8-3-2-4-9-18/h2-9,14-15H,10-13H2,1H3/b19-15-. The molecule has 26 heavy (non-hydrogen) atoms. The summed E-state index contributed by atoms with van der Waals surface area (Å²) in [5, 5.41) is 0.835. The smallest absolute Gasteiger partial charge is 0.286 e. The highest BCUT2D eigenvalue weighted by atomic mass is 32.2. The predicted octanol–water partition coefficient (Wildman–Crippen LogP) is 3.79. The number of piperazine rings is 1. The fourth-order valence-corrected chi connectivity index (χ4v) is 4.20. The van der Waals surface area contributed by atoms with E-state index in [2.05, 4.69) is 58.1 Å². The number of carbonyl (C=O) groups is 1. The van der Waals surface area contributed by atoms with Gasteiger partial charge in [-0.15, -0.1) is 0 Å². The van der Waals surface area contributed by atoms with E-state index in [0.29, 0.717) is 4.91 Å². The number of rotatable bonds is 2. The van der Waals surface area contributed by atoms with E-state index in [4.69, 9.17) is 0 Å². The van der Waals surface area contributed by atoms with Crippen LogP contribution in [0.5, 0.6) is 0 Å². The van der Waals surface area contributed by atoms with Gasteiger partial charge in [0, 0.05) is 31.9 Å². The Morgan fingerprint density at radius 3 is 2.42 bits per heavy atom. The lowest BCUT2D eigenvalue weighted by Gasteiger charge is -2.36. The number of aliphatic imine (C=N–C) groups is 1. The summed E-state index contributed by atoms with van der Waals surface area (Å²) >= 11 is 1.49. The first-order valence-electron chi connectivity index (χ1n) is 8.83. The van der Waals surface area contributed by atoms with Crippen molar-refractivity contribution < 1.29 is 4.79 Å². The molecule has 2 aliphatic heterocycles. The van der Waals surface area contributed by atoms with E-state index in [1.54, 1.807) is 0 Å². The molecule has 0 unspecified atom stereocenters. The third kappa shape index (κ3) is 3.68. The molecule has 0 radical (unpaired) electrons. The summed E-state index contributed by atoms with van der Waals surface area (Å²) in [5.74, 6) is -0.128.